The van der Waals surface area contributed by atoms with Crippen LogP contribution in [0.5, 0.6) is 5.75 Å². The number of hydrogen-bond donors (Lipinski definition) is 0. The van der Waals surface area contributed by atoms with Crippen LogP contribution in [0.1, 0.15) is 11.1 Å². The lowest BCUT2D eigenvalue weighted by Gasteiger charge is -2.26. The van der Waals surface area contributed by atoms with Gasteiger partial charge in [-0.05, 0) is 41.5 Å². The van der Waals surface area contributed by atoms with Gasteiger partial charge in [0.05, 0.1) is 7.11 Å². The van der Waals surface area contributed by atoms with Crippen molar-refractivity contribution in [1.82, 2.24) is 0 Å². The Labute approximate surface area is 143 Å². The molecule has 0 saturated heterocycles. The molecule has 120 valence electrons. The maximum absolute atomic E-state index is 5.50. The molecule has 4 rings (SSSR count). The number of benzene rings is 3. The van der Waals surface area contributed by atoms with Crippen LogP contribution < -0.4 is 9.64 Å². The molecule has 0 radical (unpaired) electrons. The number of nitrogens with zero attached hydrogens (tertiary/aromatic N) is 1. The molecule has 0 spiro atoms. The zero-order chi connectivity index (χ0) is 16.4. The zero-order valence-corrected chi connectivity index (χ0v) is 13.9. The monoisotopic (exact) mass is 315 g/mol. The number of para-hydroxylation sites is 1. The first-order valence-corrected chi connectivity index (χ1v) is 8.42. The van der Waals surface area contributed by atoms with E-state index in [2.05, 4.69) is 77.8 Å². The van der Waals surface area contributed by atoms with Gasteiger partial charge >= 0.3 is 0 Å². The summed E-state index contributed by atoms with van der Waals surface area (Å²) in [7, 11) is 1.73. The predicted octanol–water partition coefficient (Wildman–Crippen LogP) is 4.97. The van der Waals surface area contributed by atoms with Gasteiger partial charge in [0.15, 0.2) is 0 Å². The highest BCUT2D eigenvalue weighted by Crippen LogP contribution is 2.30. The summed E-state index contributed by atoms with van der Waals surface area (Å²) in [6.45, 7) is 0.976. The molecule has 0 aliphatic carbocycles. The molecule has 0 atom stereocenters. The normalized spacial score (nSPS) is 13.1. The molecule has 3 aromatic carbocycles. The molecule has 0 bridgehead atoms. The fraction of sp³-hybridized carbons (Fsp3) is 0.182. The fourth-order valence-electron chi connectivity index (χ4n) is 3.52. The van der Waals surface area contributed by atoms with Crippen LogP contribution in [-0.2, 0) is 12.8 Å². The summed E-state index contributed by atoms with van der Waals surface area (Å²) in [5.41, 5.74) is 4.10. The Bertz CT molecular complexity index is 897. The molecule has 0 aromatic heterocycles. The molecule has 1 heterocycles. The van der Waals surface area contributed by atoms with Crippen molar-refractivity contribution in [2.75, 3.05) is 18.6 Å². The van der Waals surface area contributed by atoms with Crippen LogP contribution in [-0.4, -0.2) is 13.7 Å². The molecule has 1 aliphatic rings. The van der Waals surface area contributed by atoms with E-state index >= 15 is 0 Å². The highest BCUT2D eigenvalue weighted by Gasteiger charge is 2.13. The van der Waals surface area contributed by atoms with Gasteiger partial charge in [-0.1, -0.05) is 54.6 Å². The number of fused-ring (bicyclic) bond motifs is 2. The van der Waals surface area contributed by atoms with Crippen molar-refractivity contribution < 1.29 is 4.74 Å². The third-order valence-electron chi connectivity index (χ3n) is 4.74. The first-order valence-electron chi connectivity index (χ1n) is 8.42. The van der Waals surface area contributed by atoms with E-state index in [9.17, 15) is 0 Å². The number of hydrogen-bond acceptors (Lipinski definition) is 2. The maximum Gasteiger partial charge on any atom is 0.126 e. The van der Waals surface area contributed by atoms with Crippen molar-refractivity contribution in [3.8, 4) is 5.75 Å². The Morgan fingerprint density at radius 1 is 0.917 bits per heavy atom. The molecule has 2 heteroatoms. The van der Waals surface area contributed by atoms with Gasteiger partial charge in [-0.15, -0.1) is 0 Å². The molecule has 2 nitrogen and oxygen atoms in total. The SMILES string of the molecule is COc1ccc(CCN2C=CCc3ccccc32)c2ccccc12. The summed E-state index contributed by atoms with van der Waals surface area (Å²) in [4.78, 5) is 2.36. The number of ether oxygens (including phenoxy) is 1. The van der Waals surface area contributed by atoms with Gasteiger partial charge in [0.25, 0.3) is 0 Å². The number of allylic oxidation sites excluding steroid dienone is 1. The van der Waals surface area contributed by atoms with E-state index in [1.54, 1.807) is 7.11 Å². The summed E-state index contributed by atoms with van der Waals surface area (Å²) in [6, 6.07) is 21.4. The van der Waals surface area contributed by atoms with Gasteiger partial charge in [0, 0.05) is 23.8 Å². The third-order valence-corrected chi connectivity index (χ3v) is 4.74. The summed E-state index contributed by atoms with van der Waals surface area (Å²) in [5.74, 6) is 0.942. The van der Waals surface area contributed by atoms with E-state index in [0.717, 1.165) is 25.1 Å². The van der Waals surface area contributed by atoms with E-state index in [1.165, 1.54) is 27.6 Å². The second kappa shape index (κ2) is 6.40. The smallest absolute Gasteiger partial charge is 0.126 e. The molecule has 24 heavy (non-hydrogen) atoms. The van der Waals surface area contributed by atoms with E-state index < -0.39 is 0 Å². The summed E-state index contributed by atoms with van der Waals surface area (Å²) >= 11 is 0. The van der Waals surface area contributed by atoms with Crippen LogP contribution in [0.2, 0.25) is 0 Å². The Balaban J connectivity index is 1.62. The standard InChI is InChI=1S/C22H21NO/c1-24-22-13-12-17(19-9-3-4-10-20(19)22)14-16-23-15-6-8-18-7-2-5-11-21(18)23/h2-7,9-13,15H,8,14,16H2,1H3. The van der Waals surface area contributed by atoms with Gasteiger partial charge < -0.3 is 9.64 Å². The number of anilines is 1. The van der Waals surface area contributed by atoms with Crippen LogP contribution in [0.15, 0.2) is 72.9 Å². The lowest BCUT2D eigenvalue weighted by Crippen LogP contribution is -2.22. The third kappa shape index (κ3) is 2.65. The average molecular weight is 315 g/mol. The lowest BCUT2D eigenvalue weighted by atomic mass is 10.0. The van der Waals surface area contributed by atoms with Crippen molar-refractivity contribution in [3.63, 3.8) is 0 Å². The highest BCUT2D eigenvalue weighted by atomic mass is 16.5. The molecule has 0 saturated carbocycles. The molecule has 0 fully saturated rings. The van der Waals surface area contributed by atoms with Crippen molar-refractivity contribution in [1.29, 1.82) is 0 Å². The Morgan fingerprint density at radius 2 is 1.71 bits per heavy atom. The molecule has 0 N–H and O–H groups in total. The molecule has 0 unspecified atom stereocenters. The highest BCUT2D eigenvalue weighted by molar-refractivity contribution is 5.91. The first kappa shape index (κ1) is 14.8. The average Bonchev–Trinajstić information content (AvgIpc) is 2.66. The van der Waals surface area contributed by atoms with E-state index in [0.29, 0.717) is 0 Å². The Kier molecular flexibility index (Phi) is 3.96. The molecule has 3 aromatic rings. The largest absolute Gasteiger partial charge is 0.496 e. The van der Waals surface area contributed by atoms with Gasteiger partial charge in [-0.2, -0.15) is 0 Å². The number of rotatable bonds is 4. The van der Waals surface area contributed by atoms with Crippen molar-refractivity contribution in [3.05, 3.63) is 84.1 Å². The summed E-state index contributed by atoms with van der Waals surface area (Å²) < 4.78 is 5.50. The van der Waals surface area contributed by atoms with Gasteiger partial charge in [0.1, 0.15) is 5.75 Å². The van der Waals surface area contributed by atoms with Crippen molar-refractivity contribution >= 4 is 16.5 Å². The van der Waals surface area contributed by atoms with E-state index in [4.69, 9.17) is 4.74 Å². The Hall–Kier alpha value is -2.74. The van der Waals surface area contributed by atoms with E-state index in [1.807, 2.05) is 0 Å². The molecule has 1 aliphatic heterocycles. The van der Waals surface area contributed by atoms with Gasteiger partial charge in [-0.3, -0.25) is 0 Å². The minimum atomic E-state index is 0.942. The van der Waals surface area contributed by atoms with Crippen LogP contribution >= 0.6 is 0 Å². The maximum atomic E-state index is 5.50. The summed E-state index contributed by atoms with van der Waals surface area (Å²) in [5, 5.41) is 2.47. The fourth-order valence-corrected chi connectivity index (χ4v) is 3.52. The van der Waals surface area contributed by atoms with Crippen LogP contribution in [0, 0.1) is 0 Å². The number of methoxy groups -OCH3 is 1. The second-order valence-corrected chi connectivity index (χ2v) is 6.13. The first-order chi connectivity index (χ1) is 11.9. The minimum Gasteiger partial charge on any atom is -0.496 e. The second-order valence-electron chi connectivity index (χ2n) is 6.13. The van der Waals surface area contributed by atoms with Crippen molar-refractivity contribution in [2.45, 2.75) is 12.8 Å². The van der Waals surface area contributed by atoms with Gasteiger partial charge in [0.2, 0.25) is 0 Å². The lowest BCUT2D eigenvalue weighted by molar-refractivity contribution is 0.419. The zero-order valence-electron chi connectivity index (χ0n) is 13.9. The van der Waals surface area contributed by atoms with Crippen molar-refractivity contribution in [2.24, 2.45) is 0 Å². The Morgan fingerprint density at radius 3 is 2.58 bits per heavy atom. The topological polar surface area (TPSA) is 12.5 Å². The predicted molar refractivity (Wildman–Crippen MR) is 101 cm³/mol. The molecular formula is C22H21NO. The van der Waals surface area contributed by atoms with Gasteiger partial charge in [-0.25, -0.2) is 0 Å². The molecule has 0 amide bonds. The minimum absolute atomic E-state index is 0.942. The van der Waals surface area contributed by atoms with Crippen LogP contribution in [0.4, 0.5) is 5.69 Å². The van der Waals surface area contributed by atoms with Crippen LogP contribution in [0.25, 0.3) is 10.8 Å². The van der Waals surface area contributed by atoms with Crippen LogP contribution in [0.3, 0.4) is 0 Å². The quantitative estimate of drug-likeness (QED) is 0.674. The molecular weight excluding hydrogens is 294 g/mol. The summed E-state index contributed by atoms with van der Waals surface area (Å²) in [6.07, 6.45) is 6.49. The van der Waals surface area contributed by atoms with E-state index in [-0.39, 0.29) is 0 Å².